The zero-order valence-corrected chi connectivity index (χ0v) is 15.3. The van der Waals surface area contributed by atoms with E-state index in [1.807, 2.05) is 81.3 Å². The van der Waals surface area contributed by atoms with E-state index < -0.39 is 5.97 Å². The van der Waals surface area contributed by atoms with Crippen molar-refractivity contribution in [1.82, 2.24) is 9.80 Å². The van der Waals surface area contributed by atoms with E-state index in [1.165, 1.54) is 0 Å². The highest BCUT2D eigenvalue weighted by Gasteiger charge is 2.22. The predicted molar refractivity (Wildman–Crippen MR) is 95.7 cm³/mol. The van der Waals surface area contributed by atoms with E-state index in [9.17, 15) is 10.1 Å². The average Bonchev–Trinajstić information content (AvgIpc) is 2.52. The molecule has 24 heavy (non-hydrogen) atoms. The van der Waals surface area contributed by atoms with E-state index in [-0.39, 0.29) is 12.2 Å². The predicted octanol–water partition coefficient (Wildman–Crippen LogP) is 2.88. The fraction of sp³-hybridized carbons (Fsp3) is 0.368. The summed E-state index contributed by atoms with van der Waals surface area (Å²) >= 11 is 0. The van der Waals surface area contributed by atoms with E-state index >= 15 is 0 Å². The third-order valence-corrected chi connectivity index (χ3v) is 3.46. The minimum Gasteiger partial charge on any atom is -0.462 e. The zero-order valence-electron chi connectivity index (χ0n) is 15.3. The van der Waals surface area contributed by atoms with Gasteiger partial charge >= 0.3 is 5.97 Å². The molecule has 0 radical (unpaired) electrons. The highest BCUT2D eigenvalue weighted by molar-refractivity contribution is 6.05. The Labute approximate surface area is 144 Å². The number of nitrogens with zero attached hydrogens (tertiary/aromatic N) is 3. The fourth-order valence-electron chi connectivity index (χ4n) is 2.74. The number of hydrogen-bond donors (Lipinski definition) is 0. The molecule has 0 aliphatic rings. The zero-order chi connectivity index (χ0) is 18.3. The van der Waals surface area contributed by atoms with Crippen molar-refractivity contribution in [3.05, 3.63) is 52.9 Å². The SMILES string of the molecule is CCOC(=O)/C(C#N)=C(/C(C)=C(N(C)C)N(C)C)c1ccccc1. The third kappa shape index (κ3) is 4.39. The summed E-state index contributed by atoms with van der Waals surface area (Å²) in [5, 5.41) is 9.60. The monoisotopic (exact) mass is 327 g/mol. The van der Waals surface area contributed by atoms with Crippen LogP contribution in [-0.2, 0) is 9.53 Å². The molecule has 0 fully saturated rings. The minimum atomic E-state index is -0.602. The molecule has 0 aliphatic carbocycles. The summed E-state index contributed by atoms with van der Waals surface area (Å²) in [5.41, 5.74) is 2.25. The number of rotatable bonds is 6. The molecule has 1 aromatic carbocycles. The van der Waals surface area contributed by atoms with Gasteiger partial charge in [-0.25, -0.2) is 4.79 Å². The number of allylic oxidation sites excluding steroid dienone is 2. The van der Waals surface area contributed by atoms with Gasteiger partial charge in [0.25, 0.3) is 0 Å². The van der Waals surface area contributed by atoms with Crippen molar-refractivity contribution in [2.24, 2.45) is 0 Å². The Morgan fingerprint density at radius 3 is 2.08 bits per heavy atom. The van der Waals surface area contributed by atoms with Crippen LogP contribution in [-0.4, -0.2) is 50.6 Å². The van der Waals surface area contributed by atoms with Gasteiger partial charge in [0.2, 0.25) is 0 Å². The summed E-state index contributed by atoms with van der Waals surface area (Å²) in [5.74, 6) is 0.306. The second-order valence-electron chi connectivity index (χ2n) is 5.69. The van der Waals surface area contributed by atoms with Crippen molar-refractivity contribution in [1.29, 1.82) is 5.26 Å². The molecule has 1 aromatic rings. The van der Waals surface area contributed by atoms with Gasteiger partial charge in [-0.3, -0.25) is 0 Å². The van der Waals surface area contributed by atoms with E-state index in [1.54, 1.807) is 6.92 Å². The van der Waals surface area contributed by atoms with Crippen LogP contribution < -0.4 is 0 Å². The van der Waals surface area contributed by atoms with Crippen LogP contribution in [0.5, 0.6) is 0 Å². The van der Waals surface area contributed by atoms with Crippen molar-refractivity contribution in [3.63, 3.8) is 0 Å². The molecule has 0 saturated carbocycles. The van der Waals surface area contributed by atoms with Crippen molar-refractivity contribution >= 4 is 11.5 Å². The first-order chi connectivity index (χ1) is 11.3. The molecule has 128 valence electrons. The van der Waals surface area contributed by atoms with E-state index in [2.05, 4.69) is 0 Å². The molecule has 0 aromatic heterocycles. The van der Waals surface area contributed by atoms with Gasteiger partial charge in [0.05, 0.1) is 6.61 Å². The largest absolute Gasteiger partial charge is 0.462 e. The van der Waals surface area contributed by atoms with Gasteiger partial charge in [-0.1, -0.05) is 30.3 Å². The van der Waals surface area contributed by atoms with E-state index in [0.29, 0.717) is 5.57 Å². The van der Waals surface area contributed by atoms with Gasteiger partial charge in [-0.15, -0.1) is 0 Å². The van der Waals surface area contributed by atoms with Crippen molar-refractivity contribution in [2.75, 3.05) is 34.8 Å². The average molecular weight is 327 g/mol. The maximum atomic E-state index is 12.3. The molecule has 0 spiro atoms. The first kappa shape index (κ1) is 19.3. The molecule has 0 unspecified atom stereocenters. The van der Waals surface area contributed by atoms with Crippen molar-refractivity contribution < 1.29 is 9.53 Å². The number of benzene rings is 1. The quantitative estimate of drug-likeness (QED) is 0.348. The van der Waals surface area contributed by atoms with E-state index in [4.69, 9.17) is 4.74 Å². The maximum absolute atomic E-state index is 12.3. The Kier molecular flexibility index (Phi) is 7.06. The lowest BCUT2D eigenvalue weighted by Gasteiger charge is -2.28. The van der Waals surface area contributed by atoms with Gasteiger partial charge in [-0.2, -0.15) is 5.26 Å². The van der Waals surface area contributed by atoms with Crippen LogP contribution in [0.3, 0.4) is 0 Å². The number of carbonyl (C=O) groups is 1. The van der Waals surface area contributed by atoms with Crippen LogP contribution in [0, 0.1) is 11.3 Å². The van der Waals surface area contributed by atoms with Crippen molar-refractivity contribution in [3.8, 4) is 6.07 Å². The topological polar surface area (TPSA) is 56.6 Å². The molecule has 0 N–H and O–H groups in total. The maximum Gasteiger partial charge on any atom is 0.349 e. The Balaban J connectivity index is 3.77. The summed E-state index contributed by atoms with van der Waals surface area (Å²) in [6, 6.07) is 11.5. The van der Waals surface area contributed by atoms with Gasteiger partial charge in [-0.05, 0) is 25.0 Å². The summed E-state index contributed by atoms with van der Waals surface area (Å²) in [6.45, 7) is 3.86. The first-order valence-corrected chi connectivity index (χ1v) is 7.77. The van der Waals surface area contributed by atoms with Gasteiger partial charge < -0.3 is 14.5 Å². The van der Waals surface area contributed by atoms with E-state index in [0.717, 1.165) is 17.0 Å². The molecule has 0 bridgehead atoms. The molecule has 1 rings (SSSR count). The third-order valence-electron chi connectivity index (χ3n) is 3.46. The van der Waals surface area contributed by atoms with Crippen LogP contribution in [0.15, 0.2) is 47.3 Å². The number of esters is 1. The van der Waals surface area contributed by atoms with Gasteiger partial charge in [0.1, 0.15) is 17.5 Å². The number of carbonyl (C=O) groups excluding carboxylic acids is 1. The molecule has 0 amide bonds. The molecule has 0 heterocycles. The van der Waals surface area contributed by atoms with Crippen LogP contribution >= 0.6 is 0 Å². The molecule has 0 atom stereocenters. The second kappa shape index (κ2) is 8.78. The molecular formula is C19H25N3O2. The Morgan fingerprint density at radius 2 is 1.67 bits per heavy atom. The van der Waals surface area contributed by atoms with Gasteiger partial charge in [0.15, 0.2) is 0 Å². The molecule has 5 heteroatoms. The number of hydrogen-bond acceptors (Lipinski definition) is 5. The second-order valence-corrected chi connectivity index (χ2v) is 5.69. The highest BCUT2D eigenvalue weighted by Crippen LogP contribution is 2.30. The van der Waals surface area contributed by atoms with Gasteiger partial charge in [0, 0.05) is 33.8 Å². The van der Waals surface area contributed by atoms with Crippen LogP contribution in [0.25, 0.3) is 5.57 Å². The molecular weight excluding hydrogens is 302 g/mol. The van der Waals surface area contributed by atoms with Crippen LogP contribution in [0.1, 0.15) is 19.4 Å². The molecule has 0 saturated heterocycles. The summed E-state index contributed by atoms with van der Waals surface area (Å²) in [6.07, 6.45) is 0. The molecule has 5 nitrogen and oxygen atoms in total. The van der Waals surface area contributed by atoms with Crippen molar-refractivity contribution in [2.45, 2.75) is 13.8 Å². The smallest absolute Gasteiger partial charge is 0.349 e. The number of ether oxygens (including phenoxy) is 1. The molecule has 0 aliphatic heterocycles. The lowest BCUT2D eigenvalue weighted by atomic mass is 9.93. The first-order valence-electron chi connectivity index (χ1n) is 7.77. The summed E-state index contributed by atoms with van der Waals surface area (Å²) in [7, 11) is 7.71. The standard InChI is InChI=1S/C19H25N3O2/c1-7-24-19(23)16(13-20)17(15-11-9-8-10-12-15)14(2)18(21(3)4)22(5)6/h8-12H,7H2,1-6H3/b17-16-. The normalized spacial score (nSPS) is 11.0. The lowest BCUT2D eigenvalue weighted by Crippen LogP contribution is -2.26. The lowest BCUT2D eigenvalue weighted by molar-refractivity contribution is -0.137. The summed E-state index contributed by atoms with van der Waals surface area (Å²) < 4.78 is 5.08. The fourth-order valence-corrected chi connectivity index (χ4v) is 2.74. The Hall–Kier alpha value is -2.74. The van der Waals surface area contributed by atoms with Crippen LogP contribution in [0.4, 0.5) is 0 Å². The number of nitriles is 1. The Morgan fingerprint density at radius 1 is 1.12 bits per heavy atom. The minimum absolute atomic E-state index is 0.0155. The highest BCUT2D eigenvalue weighted by atomic mass is 16.5. The summed E-state index contributed by atoms with van der Waals surface area (Å²) in [4.78, 5) is 16.2. The Bertz CT molecular complexity index is 670. The van der Waals surface area contributed by atoms with Crippen LogP contribution in [0.2, 0.25) is 0 Å².